The summed E-state index contributed by atoms with van der Waals surface area (Å²) in [4.78, 5) is 2.10. The van der Waals surface area contributed by atoms with Gasteiger partial charge in [0.05, 0.1) is 28.9 Å². The zero-order valence-corrected chi connectivity index (χ0v) is 15.2. The third-order valence-electron chi connectivity index (χ3n) is 3.80. The van der Waals surface area contributed by atoms with Crippen molar-refractivity contribution in [1.29, 1.82) is 0 Å². The summed E-state index contributed by atoms with van der Waals surface area (Å²) in [5, 5.41) is 7.80. The van der Waals surface area contributed by atoms with Crippen LogP contribution in [0.1, 0.15) is 0 Å². The molecule has 1 aromatic carbocycles. The SMILES string of the molecule is O=S(=O)(Nc1ccc(N2CCOCC2)c2nonc12)c1ccc(Cl)s1. The van der Waals surface area contributed by atoms with E-state index in [-0.39, 0.29) is 4.21 Å². The van der Waals surface area contributed by atoms with E-state index in [1.165, 1.54) is 12.1 Å². The van der Waals surface area contributed by atoms with Crippen LogP contribution in [0.4, 0.5) is 11.4 Å². The van der Waals surface area contributed by atoms with E-state index in [1.54, 1.807) is 12.1 Å². The number of benzene rings is 1. The van der Waals surface area contributed by atoms with Crippen molar-refractivity contribution in [1.82, 2.24) is 10.3 Å². The quantitative estimate of drug-likeness (QED) is 0.718. The van der Waals surface area contributed by atoms with Crippen molar-refractivity contribution in [3.05, 3.63) is 28.6 Å². The molecule has 0 bridgehead atoms. The van der Waals surface area contributed by atoms with Gasteiger partial charge in [-0.25, -0.2) is 13.0 Å². The highest BCUT2D eigenvalue weighted by Gasteiger charge is 2.22. The molecule has 2 aromatic heterocycles. The van der Waals surface area contributed by atoms with Crippen LogP contribution in [0, 0.1) is 0 Å². The van der Waals surface area contributed by atoms with Crippen molar-refractivity contribution in [2.24, 2.45) is 0 Å². The fourth-order valence-electron chi connectivity index (χ4n) is 2.63. The van der Waals surface area contributed by atoms with E-state index in [9.17, 15) is 8.42 Å². The van der Waals surface area contributed by atoms with Crippen LogP contribution < -0.4 is 9.62 Å². The lowest BCUT2D eigenvalue weighted by Gasteiger charge is -2.28. The van der Waals surface area contributed by atoms with Crippen LogP contribution in [-0.4, -0.2) is 45.0 Å². The Balaban J connectivity index is 1.70. The van der Waals surface area contributed by atoms with Gasteiger partial charge >= 0.3 is 0 Å². The molecule has 1 saturated heterocycles. The van der Waals surface area contributed by atoms with Crippen molar-refractivity contribution in [2.45, 2.75) is 4.21 Å². The highest BCUT2D eigenvalue weighted by molar-refractivity contribution is 7.94. The highest BCUT2D eigenvalue weighted by atomic mass is 35.5. The Morgan fingerprint density at radius 2 is 1.88 bits per heavy atom. The average Bonchev–Trinajstić information content (AvgIpc) is 3.25. The molecule has 0 saturated carbocycles. The molecular weight excluding hydrogens is 388 g/mol. The number of hydrogen-bond acceptors (Lipinski definition) is 8. The second-order valence-electron chi connectivity index (χ2n) is 5.36. The second kappa shape index (κ2) is 6.45. The van der Waals surface area contributed by atoms with Crippen molar-refractivity contribution in [3.63, 3.8) is 0 Å². The lowest BCUT2D eigenvalue weighted by Crippen LogP contribution is -2.36. The molecule has 1 N–H and O–H groups in total. The first-order chi connectivity index (χ1) is 12.0. The van der Waals surface area contributed by atoms with Crippen LogP contribution in [0.3, 0.4) is 0 Å². The fraction of sp³-hybridized carbons (Fsp3) is 0.286. The first-order valence-corrected chi connectivity index (χ1v) is 10.1. The van der Waals surface area contributed by atoms with E-state index in [0.29, 0.717) is 34.3 Å². The Kier molecular flexibility index (Phi) is 4.28. The van der Waals surface area contributed by atoms with E-state index in [4.69, 9.17) is 21.0 Å². The predicted molar refractivity (Wildman–Crippen MR) is 95.0 cm³/mol. The van der Waals surface area contributed by atoms with E-state index in [0.717, 1.165) is 30.1 Å². The van der Waals surface area contributed by atoms with Crippen LogP contribution in [0.15, 0.2) is 33.1 Å². The molecule has 3 aromatic rings. The third kappa shape index (κ3) is 3.17. The van der Waals surface area contributed by atoms with Gasteiger partial charge in [-0.2, -0.15) is 0 Å². The molecule has 1 fully saturated rings. The number of morpholine rings is 1. The number of rotatable bonds is 4. The second-order valence-corrected chi connectivity index (χ2v) is 8.98. The average molecular weight is 401 g/mol. The van der Waals surface area contributed by atoms with Gasteiger partial charge in [-0.1, -0.05) is 11.6 Å². The number of nitrogens with one attached hydrogen (secondary N) is 1. The van der Waals surface area contributed by atoms with Gasteiger partial charge in [0.15, 0.2) is 11.0 Å². The number of aromatic nitrogens is 2. The van der Waals surface area contributed by atoms with Gasteiger partial charge in [0.2, 0.25) is 0 Å². The summed E-state index contributed by atoms with van der Waals surface area (Å²) in [6, 6.07) is 6.45. The number of hydrogen-bond donors (Lipinski definition) is 1. The molecule has 0 unspecified atom stereocenters. The molecule has 0 aliphatic carbocycles. The van der Waals surface area contributed by atoms with Crippen LogP contribution in [-0.2, 0) is 14.8 Å². The zero-order chi connectivity index (χ0) is 17.4. The Hall–Kier alpha value is -1.88. The Morgan fingerprint density at radius 1 is 1.12 bits per heavy atom. The monoisotopic (exact) mass is 400 g/mol. The van der Waals surface area contributed by atoms with Gasteiger partial charge in [-0.05, 0) is 34.6 Å². The molecule has 25 heavy (non-hydrogen) atoms. The van der Waals surface area contributed by atoms with E-state index in [2.05, 4.69) is 19.9 Å². The third-order valence-corrected chi connectivity index (χ3v) is 6.89. The minimum absolute atomic E-state index is 0.124. The first kappa shape index (κ1) is 16.6. The normalized spacial score (nSPS) is 15.6. The maximum atomic E-state index is 12.5. The van der Waals surface area contributed by atoms with E-state index >= 15 is 0 Å². The van der Waals surface area contributed by atoms with E-state index in [1.807, 2.05) is 0 Å². The summed E-state index contributed by atoms with van der Waals surface area (Å²) >= 11 is 6.81. The van der Waals surface area contributed by atoms with E-state index < -0.39 is 10.0 Å². The number of sulfonamides is 1. The molecule has 8 nitrogen and oxygen atoms in total. The van der Waals surface area contributed by atoms with Crippen LogP contribution in [0.25, 0.3) is 11.0 Å². The van der Waals surface area contributed by atoms with Crippen LogP contribution >= 0.6 is 22.9 Å². The van der Waals surface area contributed by atoms with Gasteiger partial charge in [0, 0.05) is 13.1 Å². The smallest absolute Gasteiger partial charge is 0.271 e. The maximum absolute atomic E-state index is 12.5. The van der Waals surface area contributed by atoms with Crippen molar-refractivity contribution >= 4 is 55.4 Å². The summed E-state index contributed by atoms with van der Waals surface area (Å²) in [6.07, 6.45) is 0. The molecule has 3 heterocycles. The van der Waals surface area contributed by atoms with Crippen LogP contribution in [0.2, 0.25) is 4.34 Å². The molecular formula is C14H13ClN4O4S2. The Bertz CT molecular complexity index is 1010. The lowest BCUT2D eigenvalue weighted by molar-refractivity contribution is 0.123. The maximum Gasteiger partial charge on any atom is 0.271 e. The standard InChI is InChI=1S/C14H13ClN4O4S2/c15-11-3-4-12(24-11)25(20,21)18-9-1-2-10(14-13(9)16-23-17-14)19-5-7-22-8-6-19/h1-4,18H,5-8H2. The highest BCUT2D eigenvalue weighted by Crippen LogP contribution is 2.33. The minimum atomic E-state index is -3.76. The number of anilines is 2. The summed E-state index contributed by atoms with van der Waals surface area (Å²) in [6.45, 7) is 2.70. The summed E-state index contributed by atoms with van der Waals surface area (Å²) in [5.74, 6) is 0. The number of fused-ring (bicyclic) bond motifs is 1. The Morgan fingerprint density at radius 3 is 2.60 bits per heavy atom. The van der Waals surface area contributed by atoms with Crippen molar-refractivity contribution < 1.29 is 17.8 Å². The molecule has 132 valence electrons. The number of ether oxygens (including phenoxy) is 1. The first-order valence-electron chi connectivity index (χ1n) is 7.41. The molecule has 1 aliphatic rings. The number of halogens is 1. The summed E-state index contributed by atoms with van der Waals surface area (Å²) in [7, 11) is -3.76. The summed E-state index contributed by atoms with van der Waals surface area (Å²) < 4.78 is 38.3. The van der Waals surface area contributed by atoms with Gasteiger partial charge in [-0.3, -0.25) is 4.72 Å². The van der Waals surface area contributed by atoms with Crippen molar-refractivity contribution in [3.8, 4) is 0 Å². The number of nitrogens with zero attached hydrogens (tertiary/aromatic N) is 3. The predicted octanol–water partition coefficient (Wildman–Crippen LogP) is 2.58. The topological polar surface area (TPSA) is 97.6 Å². The van der Waals surface area contributed by atoms with Crippen LogP contribution in [0.5, 0.6) is 0 Å². The molecule has 11 heteroatoms. The molecule has 1 aliphatic heterocycles. The Labute approximate surface area is 152 Å². The molecule has 0 atom stereocenters. The fourth-order valence-corrected chi connectivity index (χ4v) is 5.18. The van der Waals surface area contributed by atoms with Gasteiger partial charge < -0.3 is 9.64 Å². The van der Waals surface area contributed by atoms with Crippen molar-refractivity contribution in [2.75, 3.05) is 35.9 Å². The largest absolute Gasteiger partial charge is 0.378 e. The lowest BCUT2D eigenvalue weighted by atomic mass is 10.2. The minimum Gasteiger partial charge on any atom is -0.378 e. The summed E-state index contributed by atoms with van der Waals surface area (Å²) in [5.41, 5.74) is 2.00. The van der Waals surface area contributed by atoms with Gasteiger partial charge in [-0.15, -0.1) is 11.3 Å². The molecule has 0 spiro atoms. The zero-order valence-electron chi connectivity index (χ0n) is 12.8. The molecule has 4 rings (SSSR count). The molecule has 0 radical (unpaired) electrons. The van der Waals surface area contributed by atoms with Gasteiger partial charge in [0.25, 0.3) is 10.0 Å². The molecule has 0 amide bonds. The number of thiophene rings is 1. The van der Waals surface area contributed by atoms with Gasteiger partial charge in [0.1, 0.15) is 4.21 Å².